The van der Waals surface area contributed by atoms with Crippen molar-refractivity contribution in [1.29, 1.82) is 0 Å². The summed E-state index contributed by atoms with van der Waals surface area (Å²) in [5.41, 5.74) is 4.87. The van der Waals surface area contributed by atoms with Gasteiger partial charge in [-0.15, -0.1) is 0 Å². The number of nitrogens with one attached hydrogen (secondary N) is 1. The molecule has 24 heavy (non-hydrogen) atoms. The Hall–Kier alpha value is -2.23. The summed E-state index contributed by atoms with van der Waals surface area (Å²) >= 11 is 0. The Balaban J connectivity index is 1.68. The number of carbonyl (C=O) groups excluding carboxylic acids is 1. The number of ether oxygens (including phenoxy) is 2. The zero-order valence-corrected chi connectivity index (χ0v) is 14.2. The van der Waals surface area contributed by atoms with E-state index in [4.69, 9.17) is 9.47 Å². The maximum atomic E-state index is 12.2. The monoisotopic (exact) mass is 325 g/mol. The van der Waals surface area contributed by atoms with E-state index in [-0.39, 0.29) is 11.8 Å². The Morgan fingerprint density at radius 1 is 1.25 bits per heavy atom. The molecule has 1 aromatic carbocycles. The van der Waals surface area contributed by atoms with E-state index >= 15 is 0 Å². The smallest absolute Gasteiger partial charge is 0.220 e. The van der Waals surface area contributed by atoms with E-state index < -0.39 is 0 Å². The molecule has 1 N–H and O–H groups in total. The first-order valence-corrected chi connectivity index (χ1v) is 8.64. The van der Waals surface area contributed by atoms with Gasteiger partial charge >= 0.3 is 0 Å². The lowest BCUT2D eigenvalue weighted by atomic mass is 9.77. The van der Waals surface area contributed by atoms with Crippen molar-refractivity contribution in [2.45, 2.75) is 38.1 Å². The summed E-state index contributed by atoms with van der Waals surface area (Å²) in [5, 5.41) is 3.09. The van der Waals surface area contributed by atoms with Crippen molar-refractivity contribution in [3.8, 4) is 5.75 Å². The highest BCUT2D eigenvalue weighted by Crippen LogP contribution is 2.43. The number of benzene rings is 1. The van der Waals surface area contributed by atoms with Crippen LogP contribution in [0.25, 0.3) is 5.57 Å². The van der Waals surface area contributed by atoms with Crippen molar-refractivity contribution in [2.75, 3.05) is 14.2 Å². The second-order valence-electron chi connectivity index (χ2n) is 6.85. The Morgan fingerprint density at radius 2 is 2.08 bits per heavy atom. The number of rotatable bonds is 5. The molecule has 126 valence electrons. The fourth-order valence-electron chi connectivity index (χ4n) is 3.81. The highest BCUT2D eigenvalue weighted by molar-refractivity contribution is 5.86. The van der Waals surface area contributed by atoms with Crippen LogP contribution >= 0.6 is 0 Å². The lowest BCUT2D eigenvalue weighted by Crippen LogP contribution is -2.28. The van der Waals surface area contributed by atoms with Crippen molar-refractivity contribution < 1.29 is 14.3 Å². The van der Waals surface area contributed by atoms with Gasteiger partial charge in [-0.05, 0) is 54.9 Å². The molecule has 1 unspecified atom stereocenters. The van der Waals surface area contributed by atoms with Gasteiger partial charge in [0.2, 0.25) is 5.91 Å². The number of amides is 1. The van der Waals surface area contributed by atoms with Gasteiger partial charge in [-0.25, -0.2) is 0 Å². The molecule has 1 aromatic rings. The molecule has 0 heterocycles. The molecule has 1 saturated carbocycles. The first kappa shape index (κ1) is 15.3. The molecule has 0 bridgehead atoms. The number of allylic oxidation sites excluding steroid dienone is 3. The second kappa shape index (κ2) is 6.00. The fraction of sp³-hybridized carbons (Fsp3) is 0.450. The summed E-state index contributed by atoms with van der Waals surface area (Å²) in [4.78, 5) is 12.2. The summed E-state index contributed by atoms with van der Waals surface area (Å²) in [6, 6.07) is 4.59. The molecule has 0 aromatic heterocycles. The molecular weight excluding hydrogens is 302 g/mol. The highest BCUT2D eigenvalue weighted by atomic mass is 16.5. The largest absolute Gasteiger partial charge is 0.496 e. The molecule has 4 heteroatoms. The van der Waals surface area contributed by atoms with Gasteiger partial charge in [0.25, 0.3) is 0 Å². The lowest BCUT2D eigenvalue weighted by molar-refractivity contribution is -0.121. The zero-order chi connectivity index (χ0) is 16.7. The summed E-state index contributed by atoms with van der Waals surface area (Å²) in [6.45, 7) is 0. The van der Waals surface area contributed by atoms with E-state index in [0.717, 1.165) is 42.8 Å². The van der Waals surface area contributed by atoms with Crippen LogP contribution < -0.4 is 10.1 Å². The van der Waals surface area contributed by atoms with Gasteiger partial charge in [0.1, 0.15) is 11.5 Å². The van der Waals surface area contributed by atoms with Crippen LogP contribution in [0.15, 0.2) is 30.0 Å². The summed E-state index contributed by atoms with van der Waals surface area (Å²) in [7, 11) is 3.42. The van der Waals surface area contributed by atoms with Crippen molar-refractivity contribution in [2.24, 2.45) is 5.92 Å². The van der Waals surface area contributed by atoms with Gasteiger partial charge in [0.15, 0.2) is 0 Å². The average Bonchev–Trinajstić information content (AvgIpc) is 3.39. The molecule has 3 aliphatic carbocycles. The molecule has 1 amide bonds. The van der Waals surface area contributed by atoms with Crippen molar-refractivity contribution in [1.82, 2.24) is 5.32 Å². The minimum Gasteiger partial charge on any atom is -0.496 e. The Morgan fingerprint density at radius 3 is 2.79 bits per heavy atom. The van der Waals surface area contributed by atoms with Gasteiger partial charge in [0.05, 0.1) is 14.2 Å². The Kier molecular flexibility index (Phi) is 3.83. The van der Waals surface area contributed by atoms with Gasteiger partial charge in [-0.1, -0.05) is 12.1 Å². The van der Waals surface area contributed by atoms with Crippen LogP contribution in [0.3, 0.4) is 0 Å². The normalized spacial score (nSPS) is 21.3. The van der Waals surface area contributed by atoms with Crippen molar-refractivity contribution in [3.05, 3.63) is 46.7 Å². The molecule has 0 spiro atoms. The van der Waals surface area contributed by atoms with E-state index in [0.29, 0.717) is 12.5 Å². The molecular formula is C20H23NO3. The maximum absolute atomic E-state index is 12.2. The van der Waals surface area contributed by atoms with E-state index in [2.05, 4.69) is 23.5 Å². The molecule has 0 radical (unpaired) electrons. The minimum atomic E-state index is 0.150. The van der Waals surface area contributed by atoms with Crippen molar-refractivity contribution >= 4 is 11.5 Å². The lowest BCUT2D eigenvalue weighted by Gasteiger charge is -2.30. The Labute approximate surface area is 142 Å². The quantitative estimate of drug-likeness (QED) is 0.905. The predicted octanol–water partition coefficient (Wildman–Crippen LogP) is 3.01. The molecule has 1 atom stereocenters. The number of hydrogen-bond acceptors (Lipinski definition) is 3. The third kappa shape index (κ3) is 2.70. The third-order valence-electron chi connectivity index (χ3n) is 5.10. The molecule has 0 saturated heterocycles. The van der Waals surface area contributed by atoms with Gasteiger partial charge in [-0.2, -0.15) is 0 Å². The molecule has 4 nitrogen and oxygen atoms in total. The number of methoxy groups -OCH3 is 2. The average molecular weight is 325 g/mol. The standard InChI is InChI=1S/C20H23NO3/c1-23-17-7-3-13-4-8-18(24-2)16-10-12(9-15(17)20(13)16)11-19(22)21-14-5-6-14/h3,7-8,10,12,14H,4-6,9,11H2,1-2H3,(H,21,22). The van der Waals surface area contributed by atoms with Crippen LogP contribution in [0.2, 0.25) is 0 Å². The van der Waals surface area contributed by atoms with E-state index in [1.807, 2.05) is 6.07 Å². The van der Waals surface area contributed by atoms with E-state index in [1.165, 1.54) is 16.7 Å². The first-order chi connectivity index (χ1) is 11.7. The first-order valence-electron chi connectivity index (χ1n) is 8.64. The number of carbonyl (C=O) groups is 1. The zero-order valence-electron chi connectivity index (χ0n) is 14.2. The molecule has 3 aliphatic rings. The van der Waals surface area contributed by atoms with E-state index in [1.54, 1.807) is 14.2 Å². The number of hydrogen-bond donors (Lipinski definition) is 1. The van der Waals surface area contributed by atoms with Crippen LogP contribution in [0.1, 0.15) is 36.0 Å². The summed E-state index contributed by atoms with van der Waals surface area (Å²) in [5.74, 6) is 2.14. The van der Waals surface area contributed by atoms with Crippen LogP contribution in [-0.4, -0.2) is 26.2 Å². The minimum absolute atomic E-state index is 0.150. The van der Waals surface area contributed by atoms with Gasteiger partial charge < -0.3 is 14.8 Å². The Bertz CT molecular complexity index is 743. The molecule has 1 fully saturated rings. The van der Waals surface area contributed by atoms with Crippen LogP contribution in [0, 0.1) is 5.92 Å². The van der Waals surface area contributed by atoms with Crippen LogP contribution in [0.4, 0.5) is 0 Å². The predicted molar refractivity (Wildman–Crippen MR) is 92.7 cm³/mol. The summed E-state index contributed by atoms with van der Waals surface area (Å²) < 4.78 is 11.2. The third-order valence-corrected chi connectivity index (χ3v) is 5.10. The highest BCUT2D eigenvalue weighted by Gasteiger charge is 2.31. The van der Waals surface area contributed by atoms with Crippen molar-refractivity contribution in [3.63, 3.8) is 0 Å². The van der Waals surface area contributed by atoms with Gasteiger partial charge in [0, 0.05) is 23.6 Å². The molecule has 4 rings (SSSR count). The van der Waals surface area contributed by atoms with Crippen LogP contribution in [-0.2, 0) is 22.4 Å². The summed E-state index contributed by atoms with van der Waals surface area (Å²) in [6.07, 6.45) is 8.81. The SMILES string of the molecule is COC1=CCc2ccc(OC)c3c2C1=CC(CC(=O)NC1CC1)C3. The van der Waals surface area contributed by atoms with Gasteiger partial charge in [-0.3, -0.25) is 4.79 Å². The topological polar surface area (TPSA) is 47.6 Å². The molecule has 0 aliphatic heterocycles. The van der Waals surface area contributed by atoms with E-state index in [9.17, 15) is 4.79 Å². The second-order valence-corrected chi connectivity index (χ2v) is 6.85. The fourth-order valence-corrected chi connectivity index (χ4v) is 3.81. The maximum Gasteiger partial charge on any atom is 0.220 e. The van der Waals surface area contributed by atoms with Crippen LogP contribution in [0.5, 0.6) is 5.75 Å².